The van der Waals surface area contributed by atoms with Crippen molar-refractivity contribution < 1.29 is 40.9 Å². The van der Waals surface area contributed by atoms with Gasteiger partial charge in [0.25, 0.3) is 0 Å². The predicted molar refractivity (Wildman–Crippen MR) is 61.3 cm³/mol. The molecule has 0 amide bonds. The van der Waals surface area contributed by atoms with Gasteiger partial charge in [-0.15, -0.1) is 0 Å². The summed E-state index contributed by atoms with van der Waals surface area (Å²) in [4.78, 5) is 20.7. The first-order valence-corrected chi connectivity index (χ1v) is 5.18. The van der Waals surface area contributed by atoms with Crippen LogP contribution in [0.3, 0.4) is 0 Å². The first-order chi connectivity index (χ1) is 7.42. The molecule has 0 radical (unpaired) electrons. The minimum atomic E-state index is -1.44. The Morgan fingerprint density at radius 2 is 1.29 bits per heavy atom. The second-order valence-corrected chi connectivity index (χ2v) is 3.25. The van der Waals surface area contributed by atoms with E-state index in [0.717, 1.165) is 0 Å². The molecular formula is C10H20N2O4Pt. The summed E-state index contributed by atoms with van der Waals surface area (Å²) in [6.45, 7) is 4.58. The van der Waals surface area contributed by atoms with Crippen LogP contribution < -0.4 is 0 Å². The molecule has 0 unspecified atom stereocenters. The maximum absolute atomic E-state index is 10.4. The minimum absolute atomic E-state index is 0. The van der Waals surface area contributed by atoms with E-state index in [9.17, 15) is 9.59 Å². The van der Waals surface area contributed by atoms with E-state index in [1.54, 1.807) is 13.8 Å². The zero-order valence-corrected chi connectivity index (χ0v) is 12.3. The number of nitrogens with one attached hydrogen (secondary N) is 2. The molecule has 1 aliphatic rings. The number of carboxylic acid groups (broad SMARTS) is 2. The molecule has 0 aromatic carbocycles. The molecule has 6 nitrogen and oxygen atoms in total. The summed E-state index contributed by atoms with van der Waals surface area (Å²) in [5.74, 6) is -2.41. The van der Waals surface area contributed by atoms with Gasteiger partial charge in [-0.1, -0.05) is 13.8 Å². The van der Waals surface area contributed by atoms with Gasteiger partial charge >= 0.3 is 33.0 Å². The molecule has 0 heterocycles. The first kappa shape index (κ1) is 21.8. The Hall–Kier alpha value is -0.452. The van der Waals surface area contributed by atoms with Crippen LogP contribution in [0.4, 0.5) is 0 Å². The Balaban J connectivity index is -0.000000240. The second-order valence-electron chi connectivity index (χ2n) is 3.25. The SMILES string of the molecule is CC[NH-].CC[NH-].O=C(O)C1(C(=O)O)CCC1.[Pt+2]. The van der Waals surface area contributed by atoms with Gasteiger partial charge in [0.1, 0.15) is 0 Å². The monoisotopic (exact) mass is 427 g/mol. The van der Waals surface area contributed by atoms with Gasteiger partial charge in [0.15, 0.2) is 5.41 Å². The summed E-state index contributed by atoms with van der Waals surface area (Å²) in [5.41, 5.74) is 11.0. The Kier molecular flexibility index (Phi) is 15.4. The molecule has 0 spiro atoms. The third-order valence-electron chi connectivity index (χ3n) is 2.03. The predicted octanol–water partition coefficient (Wildman–Crippen LogP) is 2.44. The fraction of sp³-hybridized carbons (Fsp3) is 0.800. The molecule has 104 valence electrons. The van der Waals surface area contributed by atoms with Crippen LogP contribution >= 0.6 is 0 Å². The van der Waals surface area contributed by atoms with Crippen molar-refractivity contribution in [1.29, 1.82) is 0 Å². The van der Waals surface area contributed by atoms with Gasteiger partial charge in [0.05, 0.1) is 0 Å². The summed E-state index contributed by atoms with van der Waals surface area (Å²) in [6.07, 6.45) is 1.26. The van der Waals surface area contributed by atoms with Crippen LogP contribution in [0.2, 0.25) is 0 Å². The normalized spacial score (nSPS) is 14.6. The quantitative estimate of drug-likeness (QED) is 0.657. The van der Waals surface area contributed by atoms with Crippen molar-refractivity contribution in [2.45, 2.75) is 33.1 Å². The molecule has 0 aromatic heterocycles. The van der Waals surface area contributed by atoms with Crippen LogP contribution in [0, 0.1) is 5.41 Å². The van der Waals surface area contributed by atoms with Crippen LogP contribution in [0.5, 0.6) is 0 Å². The van der Waals surface area contributed by atoms with Crippen molar-refractivity contribution in [3.05, 3.63) is 11.5 Å². The molecule has 4 N–H and O–H groups in total. The minimum Gasteiger partial charge on any atom is -0.678 e. The van der Waals surface area contributed by atoms with Crippen molar-refractivity contribution in [2.75, 3.05) is 13.1 Å². The molecule has 0 bridgehead atoms. The van der Waals surface area contributed by atoms with Crippen molar-refractivity contribution in [1.82, 2.24) is 0 Å². The molecule has 0 saturated heterocycles. The van der Waals surface area contributed by atoms with E-state index < -0.39 is 17.4 Å². The summed E-state index contributed by atoms with van der Waals surface area (Å²) < 4.78 is 0. The third kappa shape index (κ3) is 7.47. The van der Waals surface area contributed by atoms with Crippen molar-refractivity contribution in [3.63, 3.8) is 0 Å². The summed E-state index contributed by atoms with van der Waals surface area (Å²) >= 11 is 0. The summed E-state index contributed by atoms with van der Waals surface area (Å²) in [7, 11) is 0. The van der Waals surface area contributed by atoms with Gasteiger partial charge in [-0.05, 0) is 19.3 Å². The molecular weight excluding hydrogens is 407 g/mol. The zero-order chi connectivity index (χ0) is 13.2. The van der Waals surface area contributed by atoms with Gasteiger partial charge in [-0.2, -0.15) is 13.1 Å². The van der Waals surface area contributed by atoms with Crippen LogP contribution in [-0.2, 0) is 30.7 Å². The van der Waals surface area contributed by atoms with Crippen molar-refractivity contribution >= 4 is 11.9 Å². The van der Waals surface area contributed by atoms with Gasteiger partial charge < -0.3 is 21.7 Å². The van der Waals surface area contributed by atoms with Crippen LogP contribution in [0.25, 0.3) is 11.5 Å². The Morgan fingerprint density at radius 1 is 1.06 bits per heavy atom. The number of carboxylic acids is 2. The molecule has 1 fully saturated rings. The Bertz CT molecular complexity index is 202. The van der Waals surface area contributed by atoms with E-state index >= 15 is 0 Å². The molecule has 0 aromatic rings. The van der Waals surface area contributed by atoms with Gasteiger partial charge in [0.2, 0.25) is 0 Å². The standard InChI is InChI=1S/C6H8O4.2C2H6N.Pt/c7-4(8)6(5(9)10)2-1-3-6;2*1-2-3;/h1-3H2,(H,7,8)(H,9,10);2*3H,2H2,1H3;/q;2*-1;+2. The van der Waals surface area contributed by atoms with E-state index in [-0.39, 0.29) is 33.9 Å². The number of carbonyl (C=O) groups is 2. The smallest absolute Gasteiger partial charge is 0.678 e. The fourth-order valence-corrected chi connectivity index (χ4v) is 1.05. The van der Waals surface area contributed by atoms with E-state index in [2.05, 4.69) is 0 Å². The molecule has 1 aliphatic carbocycles. The average molecular weight is 427 g/mol. The van der Waals surface area contributed by atoms with Crippen molar-refractivity contribution in [2.24, 2.45) is 5.41 Å². The number of rotatable bonds is 2. The van der Waals surface area contributed by atoms with Crippen LogP contribution in [-0.4, -0.2) is 35.2 Å². The van der Waals surface area contributed by atoms with E-state index in [1.807, 2.05) is 0 Å². The summed E-state index contributed by atoms with van der Waals surface area (Å²) in [6, 6.07) is 0. The largest absolute Gasteiger partial charge is 2.00 e. The van der Waals surface area contributed by atoms with Crippen LogP contribution in [0.1, 0.15) is 33.1 Å². The van der Waals surface area contributed by atoms with Crippen LogP contribution in [0.15, 0.2) is 0 Å². The fourth-order valence-electron chi connectivity index (χ4n) is 1.05. The maximum atomic E-state index is 10.4. The Labute approximate surface area is 116 Å². The first-order valence-electron chi connectivity index (χ1n) is 5.18. The molecule has 0 atom stereocenters. The number of aliphatic carboxylic acids is 2. The zero-order valence-electron chi connectivity index (χ0n) is 10.1. The average Bonchev–Trinajstić information content (AvgIpc) is 2.01. The molecule has 7 heteroatoms. The summed E-state index contributed by atoms with van der Waals surface area (Å²) in [5, 5.41) is 16.9. The van der Waals surface area contributed by atoms with Gasteiger partial charge in [0, 0.05) is 0 Å². The second kappa shape index (κ2) is 12.0. The molecule has 17 heavy (non-hydrogen) atoms. The number of hydrogen-bond donors (Lipinski definition) is 2. The van der Waals surface area contributed by atoms with Gasteiger partial charge in [-0.3, -0.25) is 9.59 Å². The topological polar surface area (TPSA) is 122 Å². The van der Waals surface area contributed by atoms with E-state index in [4.69, 9.17) is 21.7 Å². The molecule has 1 saturated carbocycles. The van der Waals surface area contributed by atoms with Gasteiger partial charge in [-0.25, -0.2) is 0 Å². The van der Waals surface area contributed by atoms with Crippen molar-refractivity contribution in [3.8, 4) is 0 Å². The van der Waals surface area contributed by atoms with E-state index in [0.29, 0.717) is 19.5 Å². The third-order valence-corrected chi connectivity index (χ3v) is 2.03. The Morgan fingerprint density at radius 3 is 1.29 bits per heavy atom. The van der Waals surface area contributed by atoms with E-state index in [1.165, 1.54) is 0 Å². The number of hydrogen-bond acceptors (Lipinski definition) is 2. The maximum Gasteiger partial charge on any atom is 2.00 e. The molecule has 0 aliphatic heterocycles. The molecule has 1 rings (SSSR count).